The monoisotopic (exact) mass is 430 g/mol. The molecule has 3 aromatic carbocycles. The number of nitrogens with zero attached hydrogens (tertiary/aromatic N) is 1. The molecule has 0 spiro atoms. The van der Waals surface area contributed by atoms with Crippen LogP contribution in [0.25, 0.3) is 33.5 Å². The van der Waals surface area contributed by atoms with E-state index < -0.39 is 18.0 Å². The van der Waals surface area contributed by atoms with Crippen LogP contribution in [0.4, 0.5) is 19.1 Å². The maximum atomic E-state index is 12.8. The Morgan fingerprint density at radius 2 is 1.83 bits per heavy atom. The summed E-state index contributed by atoms with van der Waals surface area (Å²) in [6.07, 6.45) is -5.11. The number of anilines is 1. The number of nitrogens with one attached hydrogen (secondary N) is 1. The van der Waals surface area contributed by atoms with Crippen LogP contribution in [0.15, 0.2) is 70.0 Å². The molecule has 0 radical (unpaired) electrons. The normalized spacial score (nSPS) is 11.6. The lowest BCUT2D eigenvalue weighted by atomic mass is 10.0. The van der Waals surface area contributed by atoms with Gasteiger partial charge >= 0.3 is 12.1 Å². The van der Waals surface area contributed by atoms with E-state index in [-0.39, 0.29) is 22.9 Å². The van der Waals surface area contributed by atoms with Crippen molar-refractivity contribution in [1.82, 2.24) is 4.98 Å². The SMILES string of the molecule is O=C(Nc1oc(-c2c(O)ccc3ccccc23)nc1-c1cccc(S)c1)C(F)(F)F. The van der Waals surface area contributed by atoms with Crippen LogP contribution in [0, 0.1) is 0 Å². The molecule has 0 fully saturated rings. The molecular weight excluding hydrogens is 417 g/mol. The van der Waals surface area contributed by atoms with Crippen LogP contribution in [0.1, 0.15) is 0 Å². The first-order chi connectivity index (χ1) is 14.2. The molecule has 0 aliphatic rings. The smallest absolute Gasteiger partial charge is 0.471 e. The second-order valence-corrected chi connectivity index (χ2v) is 6.90. The van der Waals surface area contributed by atoms with Crippen LogP contribution in [0.3, 0.4) is 0 Å². The topological polar surface area (TPSA) is 75.4 Å². The maximum absolute atomic E-state index is 12.8. The van der Waals surface area contributed by atoms with E-state index in [1.165, 1.54) is 6.07 Å². The summed E-state index contributed by atoms with van der Waals surface area (Å²) >= 11 is 4.23. The fourth-order valence-corrected chi connectivity index (χ4v) is 3.24. The van der Waals surface area contributed by atoms with Gasteiger partial charge in [-0.25, -0.2) is 4.98 Å². The van der Waals surface area contributed by atoms with Crippen molar-refractivity contribution in [2.24, 2.45) is 0 Å². The van der Waals surface area contributed by atoms with Crippen LogP contribution in [0.5, 0.6) is 5.75 Å². The quantitative estimate of drug-likeness (QED) is 0.367. The van der Waals surface area contributed by atoms with Gasteiger partial charge < -0.3 is 9.52 Å². The highest BCUT2D eigenvalue weighted by molar-refractivity contribution is 7.80. The van der Waals surface area contributed by atoms with Gasteiger partial charge in [0.2, 0.25) is 11.8 Å². The number of amides is 1. The molecule has 0 atom stereocenters. The van der Waals surface area contributed by atoms with Crippen LogP contribution in [0.2, 0.25) is 0 Å². The molecule has 9 heteroatoms. The van der Waals surface area contributed by atoms with Crippen molar-refractivity contribution in [3.8, 4) is 28.5 Å². The van der Waals surface area contributed by atoms with Crippen molar-refractivity contribution in [2.45, 2.75) is 11.1 Å². The van der Waals surface area contributed by atoms with E-state index >= 15 is 0 Å². The minimum absolute atomic E-state index is 0.0224. The largest absolute Gasteiger partial charge is 0.507 e. The van der Waals surface area contributed by atoms with Crippen LogP contribution in [-0.4, -0.2) is 22.2 Å². The Labute approximate surface area is 173 Å². The van der Waals surface area contributed by atoms with Crippen molar-refractivity contribution in [3.63, 3.8) is 0 Å². The van der Waals surface area contributed by atoms with Gasteiger partial charge in [0.05, 0.1) is 5.56 Å². The predicted octanol–water partition coefficient (Wildman–Crippen LogP) is 5.66. The highest BCUT2D eigenvalue weighted by atomic mass is 32.1. The number of fused-ring (bicyclic) bond motifs is 1. The number of aromatic nitrogens is 1. The van der Waals surface area contributed by atoms with Gasteiger partial charge in [-0.3, -0.25) is 10.1 Å². The Balaban J connectivity index is 1.92. The summed E-state index contributed by atoms with van der Waals surface area (Å²) in [7, 11) is 0. The standard InChI is InChI=1S/C21H13F3N2O3S/c22-21(23,24)20(28)26-19-17(12-5-3-6-13(30)10-12)25-18(29-19)16-14-7-2-1-4-11(14)8-9-15(16)27/h1-10,27,30H,(H,26,28). The molecule has 1 heterocycles. The Hall–Kier alpha value is -3.46. The van der Waals surface area contributed by atoms with Crippen molar-refractivity contribution >= 4 is 35.2 Å². The third-order valence-corrected chi connectivity index (χ3v) is 4.63. The van der Waals surface area contributed by atoms with Gasteiger partial charge in [0.15, 0.2) is 0 Å². The van der Waals surface area contributed by atoms with Gasteiger partial charge in [0, 0.05) is 10.5 Å². The third kappa shape index (κ3) is 3.71. The van der Waals surface area contributed by atoms with Gasteiger partial charge in [0.1, 0.15) is 11.4 Å². The van der Waals surface area contributed by atoms with Crippen LogP contribution in [-0.2, 0) is 4.79 Å². The zero-order chi connectivity index (χ0) is 21.5. The fourth-order valence-electron chi connectivity index (χ4n) is 3.02. The molecule has 0 saturated carbocycles. The van der Waals surface area contributed by atoms with Crippen LogP contribution < -0.4 is 5.32 Å². The first-order valence-electron chi connectivity index (χ1n) is 8.63. The summed E-state index contributed by atoms with van der Waals surface area (Å²) in [6.45, 7) is 0. The van der Waals surface area contributed by atoms with E-state index in [0.29, 0.717) is 15.8 Å². The van der Waals surface area contributed by atoms with Gasteiger partial charge in [-0.15, -0.1) is 12.6 Å². The fraction of sp³-hybridized carbons (Fsp3) is 0.0476. The van der Waals surface area contributed by atoms with E-state index in [1.807, 2.05) is 0 Å². The number of rotatable bonds is 3. The number of thiol groups is 1. The number of alkyl halides is 3. The Morgan fingerprint density at radius 1 is 1.07 bits per heavy atom. The lowest BCUT2D eigenvalue weighted by molar-refractivity contribution is -0.167. The van der Waals surface area contributed by atoms with Crippen molar-refractivity contribution in [2.75, 3.05) is 5.32 Å². The molecule has 4 aromatic rings. The molecule has 0 unspecified atom stereocenters. The number of oxazole rings is 1. The van der Waals surface area contributed by atoms with E-state index in [4.69, 9.17) is 4.42 Å². The molecule has 0 aliphatic carbocycles. The van der Waals surface area contributed by atoms with Gasteiger partial charge in [-0.05, 0) is 29.0 Å². The lowest BCUT2D eigenvalue weighted by Crippen LogP contribution is -2.29. The van der Waals surface area contributed by atoms with E-state index in [2.05, 4.69) is 17.6 Å². The summed E-state index contributed by atoms with van der Waals surface area (Å²) in [4.78, 5) is 16.4. The van der Waals surface area contributed by atoms with Gasteiger partial charge in [-0.2, -0.15) is 13.2 Å². The summed E-state index contributed by atoms with van der Waals surface area (Å²) in [5.41, 5.74) is 0.560. The first kappa shape index (κ1) is 19.8. The lowest BCUT2D eigenvalue weighted by Gasteiger charge is -2.07. The number of phenolic OH excluding ortho intramolecular Hbond substituents is 1. The van der Waals surface area contributed by atoms with Gasteiger partial charge in [-0.1, -0.05) is 42.5 Å². The minimum atomic E-state index is -5.11. The molecule has 4 rings (SSSR count). The second kappa shape index (κ2) is 7.42. The number of hydrogen-bond donors (Lipinski definition) is 3. The van der Waals surface area contributed by atoms with Crippen molar-refractivity contribution in [1.29, 1.82) is 0 Å². The molecule has 30 heavy (non-hydrogen) atoms. The minimum Gasteiger partial charge on any atom is -0.507 e. The van der Waals surface area contributed by atoms with Crippen LogP contribution >= 0.6 is 12.6 Å². The molecule has 0 bridgehead atoms. The summed E-state index contributed by atoms with van der Waals surface area (Å²) in [5, 5.41) is 13.5. The number of phenols is 1. The zero-order valence-corrected chi connectivity index (χ0v) is 16.0. The van der Waals surface area contributed by atoms with E-state index in [1.54, 1.807) is 59.9 Å². The Kier molecular flexibility index (Phi) is 4.90. The average Bonchev–Trinajstić information content (AvgIpc) is 3.10. The molecule has 152 valence electrons. The van der Waals surface area contributed by atoms with Gasteiger partial charge in [0.25, 0.3) is 0 Å². The number of carbonyl (C=O) groups is 1. The number of aromatic hydroxyl groups is 1. The number of benzene rings is 3. The highest BCUT2D eigenvalue weighted by Gasteiger charge is 2.40. The average molecular weight is 430 g/mol. The molecular formula is C21H13F3N2O3S. The molecule has 1 amide bonds. The van der Waals surface area contributed by atoms with E-state index in [0.717, 1.165) is 5.39 Å². The Morgan fingerprint density at radius 3 is 2.57 bits per heavy atom. The number of carbonyl (C=O) groups excluding carboxylic acids is 1. The second-order valence-electron chi connectivity index (χ2n) is 6.38. The molecule has 1 aromatic heterocycles. The number of hydrogen-bond acceptors (Lipinski definition) is 5. The summed E-state index contributed by atoms with van der Waals surface area (Å²) < 4.78 is 43.9. The maximum Gasteiger partial charge on any atom is 0.471 e. The molecule has 5 nitrogen and oxygen atoms in total. The number of halogens is 3. The molecule has 0 aliphatic heterocycles. The molecule has 0 saturated heterocycles. The predicted molar refractivity (Wildman–Crippen MR) is 108 cm³/mol. The van der Waals surface area contributed by atoms with E-state index in [9.17, 15) is 23.1 Å². The Bertz CT molecular complexity index is 1270. The summed E-state index contributed by atoms with van der Waals surface area (Å²) in [5.74, 6) is -2.99. The highest BCUT2D eigenvalue weighted by Crippen LogP contribution is 2.40. The molecule has 2 N–H and O–H groups in total. The first-order valence-corrected chi connectivity index (χ1v) is 9.08. The van der Waals surface area contributed by atoms with Crippen molar-refractivity contribution < 1.29 is 27.5 Å². The zero-order valence-electron chi connectivity index (χ0n) is 15.1. The van der Waals surface area contributed by atoms with Crippen molar-refractivity contribution in [3.05, 3.63) is 60.7 Å². The summed E-state index contributed by atoms with van der Waals surface area (Å²) in [6, 6.07) is 16.7. The third-order valence-electron chi connectivity index (χ3n) is 4.35.